The molecule has 1 aromatic rings. The van der Waals surface area contributed by atoms with Gasteiger partial charge in [-0.1, -0.05) is 7.60 Å². The second kappa shape index (κ2) is 5.66. The summed E-state index contributed by atoms with van der Waals surface area (Å²) in [7, 11) is -4.54. The molecule has 0 unspecified atom stereocenters. The quantitative estimate of drug-likeness (QED) is 0.504. The third kappa shape index (κ3) is 4.18. The first-order valence-corrected chi connectivity index (χ1v) is 4.14. The van der Waals surface area contributed by atoms with Crippen LogP contribution >= 0.6 is 7.60 Å². The molecule has 66 valence electrons. The molecular formula is C7H7O3PW-2. The molecule has 0 aliphatic carbocycles. The van der Waals surface area contributed by atoms with E-state index < -0.39 is 7.60 Å². The summed E-state index contributed by atoms with van der Waals surface area (Å²) in [6.45, 7) is 0. The summed E-state index contributed by atoms with van der Waals surface area (Å²) in [6.07, 6.45) is 0. The van der Waals surface area contributed by atoms with E-state index in [4.69, 9.17) is 0 Å². The smallest absolute Gasteiger partial charge is 0.809 e. The Morgan fingerprint density at radius 3 is 1.92 bits per heavy atom. The van der Waals surface area contributed by atoms with E-state index in [1.54, 1.807) is 0 Å². The molecule has 0 atom stereocenters. The second-order valence-corrected chi connectivity index (χ2v) is 3.27. The zero-order valence-corrected chi connectivity index (χ0v) is 10.2. The molecule has 0 aromatic heterocycles. The molecule has 3 nitrogen and oxygen atoms in total. The Balaban J connectivity index is 0. The molecule has 0 bridgehead atoms. The van der Waals surface area contributed by atoms with E-state index in [0.29, 0.717) is 0 Å². The Morgan fingerprint density at radius 2 is 1.67 bits per heavy atom. The summed E-state index contributed by atoms with van der Waals surface area (Å²) >= 11 is 0. The van der Waals surface area contributed by atoms with Gasteiger partial charge in [0.15, 0.2) is 0 Å². The van der Waals surface area contributed by atoms with E-state index in [1.165, 1.54) is 24.3 Å². The predicted molar refractivity (Wildman–Crippen MR) is 38.9 cm³/mol. The van der Waals surface area contributed by atoms with Crippen LogP contribution in [0.25, 0.3) is 0 Å². The van der Waals surface area contributed by atoms with Gasteiger partial charge in [-0.25, -0.2) is 0 Å². The van der Waals surface area contributed by atoms with Crippen LogP contribution in [-0.4, -0.2) is 0 Å². The Labute approximate surface area is 86.2 Å². The minimum Gasteiger partial charge on any atom is -0.809 e. The third-order valence-electron chi connectivity index (χ3n) is 1.02. The predicted octanol–water partition coefficient (Wildman–Crippen LogP) is -0.526. The van der Waals surface area contributed by atoms with Crippen LogP contribution in [0.3, 0.4) is 0 Å². The molecule has 0 aliphatic rings. The van der Waals surface area contributed by atoms with Crippen LogP contribution < -0.4 is 15.1 Å². The zero-order valence-electron chi connectivity index (χ0n) is 6.39. The Morgan fingerprint density at radius 1 is 1.25 bits per heavy atom. The van der Waals surface area contributed by atoms with Gasteiger partial charge in [0.25, 0.3) is 0 Å². The minimum absolute atomic E-state index is 0. The van der Waals surface area contributed by atoms with Crippen molar-refractivity contribution in [2.45, 2.75) is 0 Å². The normalized spacial score (nSPS) is 9.50. The van der Waals surface area contributed by atoms with Gasteiger partial charge in [-0.05, 0) is 0 Å². The maximum absolute atomic E-state index is 10.3. The molecule has 0 N–H and O–H groups in total. The Hall–Kier alpha value is 0.0583. The van der Waals surface area contributed by atoms with Gasteiger partial charge in [0.05, 0.1) is 0 Å². The van der Waals surface area contributed by atoms with Gasteiger partial charge in [-0.15, -0.1) is 5.30 Å². The van der Waals surface area contributed by atoms with Crippen LogP contribution in [-0.2, 0) is 25.6 Å². The molecule has 0 saturated heterocycles. The summed E-state index contributed by atoms with van der Waals surface area (Å²) in [5.74, 6) is 0. The molecule has 1 aromatic carbocycles. The first-order valence-electron chi connectivity index (χ1n) is 2.59. The van der Waals surface area contributed by atoms with Crippen molar-refractivity contribution in [2.75, 3.05) is 0 Å². The molecule has 0 radical (unpaired) electrons. The van der Waals surface area contributed by atoms with Gasteiger partial charge < -0.3 is 21.8 Å². The van der Waals surface area contributed by atoms with Crippen LogP contribution in [0.15, 0.2) is 24.3 Å². The second-order valence-electron chi connectivity index (χ2n) is 1.76. The number of hydrogen-bond donors (Lipinski definition) is 0. The molecule has 0 aliphatic heterocycles. The molecule has 1 rings (SSSR count). The molecule has 0 amide bonds. The molecule has 0 heterocycles. The van der Waals surface area contributed by atoms with Gasteiger partial charge >= 0.3 is 21.1 Å². The van der Waals surface area contributed by atoms with Gasteiger partial charge in [-0.3, -0.25) is 0 Å². The number of hydrogen-bond acceptors (Lipinski definition) is 3. The summed E-state index contributed by atoms with van der Waals surface area (Å²) in [6, 6.07) is 7.83. The number of benzene rings is 1. The first-order chi connectivity index (χ1) is 4.61. The maximum Gasteiger partial charge on any atom is 2.00 e. The SMILES string of the molecule is O=P([O-])([O-])c1cc[c-]cc1.[CH3-].[W+2]. The molecule has 0 fully saturated rings. The number of rotatable bonds is 1. The standard InChI is InChI=1S/C6H6O3P.CH3.W/c7-10(8,9)6-4-2-1-3-5-6;;/h2-5H,(H2,7,8,9);1H3;/q2*-1;+2/p-2. The van der Waals surface area contributed by atoms with E-state index in [9.17, 15) is 14.4 Å². The van der Waals surface area contributed by atoms with E-state index in [-0.39, 0.29) is 33.8 Å². The average Bonchev–Trinajstić information content (AvgIpc) is 1.88. The summed E-state index contributed by atoms with van der Waals surface area (Å²) in [5.41, 5.74) is 0. The topological polar surface area (TPSA) is 63.2 Å². The van der Waals surface area contributed by atoms with Crippen LogP contribution in [0, 0.1) is 13.5 Å². The molecule has 12 heavy (non-hydrogen) atoms. The average molecular weight is 354 g/mol. The molecule has 0 saturated carbocycles. The monoisotopic (exact) mass is 354 g/mol. The van der Waals surface area contributed by atoms with Crippen molar-refractivity contribution in [3.8, 4) is 0 Å². The van der Waals surface area contributed by atoms with Crippen molar-refractivity contribution in [1.82, 2.24) is 0 Å². The first kappa shape index (κ1) is 14.6. The van der Waals surface area contributed by atoms with E-state index in [0.717, 1.165) is 0 Å². The van der Waals surface area contributed by atoms with Crippen LogP contribution in [0.2, 0.25) is 0 Å². The summed E-state index contributed by atoms with van der Waals surface area (Å²) < 4.78 is 10.3. The van der Waals surface area contributed by atoms with Crippen LogP contribution in [0.1, 0.15) is 0 Å². The van der Waals surface area contributed by atoms with Crippen molar-refractivity contribution >= 4 is 12.9 Å². The van der Waals surface area contributed by atoms with Crippen LogP contribution in [0.5, 0.6) is 0 Å². The summed E-state index contributed by atoms with van der Waals surface area (Å²) in [4.78, 5) is 20.6. The largest absolute Gasteiger partial charge is 2.00 e. The van der Waals surface area contributed by atoms with Gasteiger partial charge in [0, 0.05) is 0 Å². The molecular weight excluding hydrogens is 347 g/mol. The summed E-state index contributed by atoms with van der Waals surface area (Å²) in [5, 5.41) is -0.189. The fourth-order valence-electron chi connectivity index (χ4n) is 0.561. The van der Waals surface area contributed by atoms with E-state index in [2.05, 4.69) is 6.07 Å². The van der Waals surface area contributed by atoms with Gasteiger partial charge in [0.2, 0.25) is 0 Å². The van der Waals surface area contributed by atoms with Crippen LogP contribution in [0.4, 0.5) is 0 Å². The molecule has 5 heteroatoms. The van der Waals surface area contributed by atoms with Crippen molar-refractivity contribution < 1.29 is 35.4 Å². The van der Waals surface area contributed by atoms with E-state index >= 15 is 0 Å². The Kier molecular flexibility index (Phi) is 6.88. The third-order valence-corrected chi connectivity index (χ3v) is 1.95. The fourth-order valence-corrected chi connectivity index (χ4v) is 1.07. The maximum atomic E-state index is 10.3. The van der Waals surface area contributed by atoms with Gasteiger partial charge in [0.1, 0.15) is 0 Å². The van der Waals surface area contributed by atoms with Crippen molar-refractivity contribution in [1.29, 1.82) is 0 Å². The van der Waals surface area contributed by atoms with Crippen molar-refractivity contribution in [3.63, 3.8) is 0 Å². The fraction of sp³-hybridized carbons (Fsp3) is 0. The molecule has 0 spiro atoms. The van der Waals surface area contributed by atoms with Crippen molar-refractivity contribution in [2.24, 2.45) is 0 Å². The minimum atomic E-state index is -4.54. The van der Waals surface area contributed by atoms with Crippen molar-refractivity contribution in [3.05, 3.63) is 37.8 Å². The zero-order chi connectivity index (χ0) is 7.61. The Bertz CT molecular complexity index is 257. The van der Waals surface area contributed by atoms with Gasteiger partial charge in [-0.2, -0.15) is 30.3 Å². The van der Waals surface area contributed by atoms with E-state index in [1.807, 2.05) is 0 Å².